The molecule has 41 heavy (non-hydrogen) atoms. The van der Waals surface area contributed by atoms with Gasteiger partial charge in [-0.15, -0.1) is 0 Å². The first-order valence-electron chi connectivity index (χ1n) is 17.0. The van der Waals surface area contributed by atoms with E-state index in [9.17, 15) is 10.2 Å². The van der Waals surface area contributed by atoms with Crippen LogP contribution in [0.5, 0.6) is 0 Å². The predicted octanol–water partition coefficient (Wildman–Crippen LogP) is 12.8. The van der Waals surface area contributed by atoms with Gasteiger partial charge in [-0.3, -0.25) is 0 Å². The Balaban J connectivity index is 1.85. The highest BCUT2D eigenvalue weighted by molar-refractivity contribution is 9.10. The summed E-state index contributed by atoms with van der Waals surface area (Å²) >= 11 is 0. The summed E-state index contributed by atoms with van der Waals surface area (Å²) in [5.41, 5.74) is -0.0599. The van der Waals surface area contributed by atoms with Crippen molar-refractivity contribution in [2.75, 3.05) is 0 Å². The Morgan fingerprint density at radius 3 is 1.44 bits per heavy atom. The van der Waals surface area contributed by atoms with Crippen LogP contribution in [-0.4, -0.2) is 16.0 Å². The number of allylic oxidation sites excluding steroid dienone is 2. The lowest BCUT2D eigenvalue weighted by atomic mass is 9.74. The molecule has 1 aliphatic carbocycles. The second-order valence-corrected chi connectivity index (χ2v) is 16.2. The van der Waals surface area contributed by atoms with Crippen LogP contribution in [0.15, 0.2) is 58.4 Å². The van der Waals surface area contributed by atoms with Crippen molar-refractivity contribution in [1.29, 1.82) is 0 Å². The quantitative estimate of drug-likeness (QED) is 0.0466. The molecule has 2 N–H and O–H groups in total. The first-order valence-corrected chi connectivity index (χ1v) is 20.4. The van der Waals surface area contributed by atoms with Gasteiger partial charge in [-0.05, 0) is 62.5 Å². The minimum atomic E-state index is -1.87. The van der Waals surface area contributed by atoms with Gasteiger partial charge in [0, 0.05) is 10.3 Å². The third kappa shape index (κ3) is 16.9. The van der Waals surface area contributed by atoms with E-state index in [0.29, 0.717) is 4.91 Å². The highest BCUT2D eigenvalue weighted by Gasteiger charge is 2.37. The molecule has 0 saturated carbocycles. The highest BCUT2D eigenvalue weighted by atomic mass is 33.5. The Morgan fingerprint density at radius 1 is 0.537 bits per heavy atom. The molecule has 0 bridgehead atoms. The molecule has 5 heteroatoms. The Hall–Kier alpha value is -0.330. The van der Waals surface area contributed by atoms with E-state index >= 15 is 0 Å². The Labute approximate surface area is 265 Å². The maximum absolute atomic E-state index is 10.8. The van der Waals surface area contributed by atoms with Gasteiger partial charge in [0.1, 0.15) is 0 Å². The zero-order chi connectivity index (χ0) is 29.5. The second kappa shape index (κ2) is 23.1. The van der Waals surface area contributed by atoms with Crippen molar-refractivity contribution < 1.29 is 10.2 Å². The molecular formula is C36H60O2S3. The van der Waals surface area contributed by atoms with Gasteiger partial charge in [0.25, 0.3) is 0 Å². The van der Waals surface area contributed by atoms with E-state index in [1.165, 1.54) is 144 Å². The fourth-order valence-electron chi connectivity index (χ4n) is 5.75. The van der Waals surface area contributed by atoms with E-state index in [1.807, 2.05) is 18.2 Å². The molecule has 0 fully saturated rings. The SMILES string of the molecule is CCCCCCCCCCCCC1(CCCCCCCCCCCC)C=CC(O)(O)C(SSSc2ccccc2)=C1. The molecule has 1 aromatic rings. The molecule has 2 rings (SSSR count). The topological polar surface area (TPSA) is 40.5 Å². The van der Waals surface area contributed by atoms with E-state index < -0.39 is 5.79 Å². The third-order valence-corrected chi connectivity index (χ3v) is 12.4. The molecule has 0 amide bonds. The molecule has 0 atom stereocenters. The van der Waals surface area contributed by atoms with Crippen LogP contribution in [0, 0.1) is 5.41 Å². The number of hydrogen-bond acceptors (Lipinski definition) is 5. The van der Waals surface area contributed by atoms with Gasteiger partial charge < -0.3 is 10.2 Å². The van der Waals surface area contributed by atoms with Gasteiger partial charge in [-0.25, -0.2) is 0 Å². The normalized spacial score (nSPS) is 15.8. The maximum Gasteiger partial charge on any atom is 0.216 e. The summed E-state index contributed by atoms with van der Waals surface area (Å²) in [5.74, 6) is -1.87. The molecule has 0 unspecified atom stereocenters. The molecule has 0 radical (unpaired) electrons. The van der Waals surface area contributed by atoms with Crippen LogP contribution >= 0.6 is 31.4 Å². The summed E-state index contributed by atoms with van der Waals surface area (Å²) in [6.07, 6.45) is 35.1. The van der Waals surface area contributed by atoms with E-state index in [1.54, 1.807) is 26.7 Å². The molecule has 0 saturated heterocycles. The van der Waals surface area contributed by atoms with Gasteiger partial charge in [0.2, 0.25) is 5.79 Å². The molecule has 1 aromatic carbocycles. The van der Waals surface area contributed by atoms with E-state index in [0.717, 1.165) is 12.8 Å². The molecule has 234 valence electrons. The number of rotatable bonds is 26. The molecule has 0 heterocycles. The van der Waals surface area contributed by atoms with Crippen molar-refractivity contribution in [3.63, 3.8) is 0 Å². The van der Waals surface area contributed by atoms with Gasteiger partial charge in [-0.1, -0.05) is 173 Å². The first-order chi connectivity index (χ1) is 20.0. The Bertz CT molecular complexity index is 797. The van der Waals surface area contributed by atoms with Crippen molar-refractivity contribution in [1.82, 2.24) is 0 Å². The molecule has 0 aromatic heterocycles. The number of hydrogen-bond donors (Lipinski definition) is 2. The maximum atomic E-state index is 10.8. The van der Waals surface area contributed by atoms with Gasteiger partial charge in [-0.2, -0.15) is 0 Å². The van der Waals surface area contributed by atoms with Crippen molar-refractivity contribution in [3.05, 3.63) is 53.5 Å². The minimum absolute atomic E-state index is 0.0599. The lowest BCUT2D eigenvalue weighted by Gasteiger charge is -2.35. The summed E-state index contributed by atoms with van der Waals surface area (Å²) in [6, 6.07) is 10.3. The summed E-state index contributed by atoms with van der Waals surface area (Å²) < 4.78 is 0. The Morgan fingerprint density at radius 2 is 0.976 bits per heavy atom. The lowest BCUT2D eigenvalue weighted by Crippen LogP contribution is -2.33. The van der Waals surface area contributed by atoms with Crippen molar-refractivity contribution in [2.45, 2.75) is 166 Å². The lowest BCUT2D eigenvalue weighted by molar-refractivity contribution is -0.0804. The van der Waals surface area contributed by atoms with Crippen molar-refractivity contribution in [2.24, 2.45) is 5.41 Å². The first kappa shape index (κ1) is 36.9. The molecule has 2 nitrogen and oxygen atoms in total. The number of unbranched alkanes of at least 4 members (excludes halogenated alkanes) is 18. The second-order valence-electron chi connectivity index (χ2n) is 12.2. The monoisotopic (exact) mass is 620 g/mol. The van der Waals surface area contributed by atoms with E-state index in [-0.39, 0.29) is 5.41 Å². The molecular weight excluding hydrogens is 561 g/mol. The van der Waals surface area contributed by atoms with E-state index in [2.05, 4.69) is 38.1 Å². The zero-order valence-electron chi connectivity index (χ0n) is 26.3. The standard InChI is InChI=1S/C36H60O2S3/c1-3-5-7-9-11-13-15-17-19-24-28-35(29-25-20-18-16-14-12-10-8-6-4-2)30-31-36(37,38)34(32-35)40-41-39-33-26-22-21-23-27-33/h21-23,26-27,30-32,37-38H,3-20,24-25,28-29H2,1-2H3. The van der Waals surface area contributed by atoms with Gasteiger partial charge in [0.15, 0.2) is 0 Å². The van der Waals surface area contributed by atoms with Crippen LogP contribution in [0.4, 0.5) is 0 Å². The summed E-state index contributed by atoms with van der Waals surface area (Å²) in [6.45, 7) is 4.57. The van der Waals surface area contributed by atoms with Crippen LogP contribution in [0.1, 0.15) is 155 Å². The fraction of sp³-hybridized carbons (Fsp3) is 0.722. The van der Waals surface area contributed by atoms with Gasteiger partial charge in [0.05, 0.1) is 4.91 Å². The van der Waals surface area contributed by atoms with Crippen molar-refractivity contribution >= 4 is 31.4 Å². The summed E-state index contributed by atoms with van der Waals surface area (Å²) in [7, 11) is 4.80. The largest absolute Gasteiger partial charge is 0.358 e. The zero-order valence-corrected chi connectivity index (χ0v) is 28.7. The van der Waals surface area contributed by atoms with Crippen LogP contribution in [0.3, 0.4) is 0 Å². The van der Waals surface area contributed by atoms with Crippen LogP contribution < -0.4 is 0 Å². The fourth-order valence-corrected chi connectivity index (χ4v) is 9.76. The highest BCUT2D eigenvalue weighted by Crippen LogP contribution is 2.51. The summed E-state index contributed by atoms with van der Waals surface area (Å²) in [4.78, 5) is 1.85. The number of benzene rings is 1. The minimum Gasteiger partial charge on any atom is -0.358 e. The average Bonchev–Trinajstić information content (AvgIpc) is 2.97. The molecule has 0 aliphatic heterocycles. The molecule has 0 spiro atoms. The smallest absolute Gasteiger partial charge is 0.216 e. The molecule has 1 aliphatic rings. The van der Waals surface area contributed by atoms with Crippen LogP contribution in [0.2, 0.25) is 0 Å². The van der Waals surface area contributed by atoms with Gasteiger partial charge >= 0.3 is 0 Å². The Kier molecular flexibility index (Phi) is 20.8. The average molecular weight is 621 g/mol. The van der Waals surface area contributed by atoms with Crippen LogP contribution in [0.25, 0.3) is 0 Å². The van der Waals surface area contributed by atoms with Crippen LogP contribution in [-0.2, 0) is 0 Å². The van der Waals surface area contributed by atoms with Crippen molar-refractivity contribution in [3.8, 4) is 0 Å². The van der Waals surface area contributed by atoms with E-state index in [4.69, 9.17) is 0 Å². The number of aliphatic hydroxyl groups is 2. The summed E-state index contributed by atoms with van der Waals surface area (Å²) in [5, 5.41) is 21.6. The third-order valence-electron chi connectivity index (χ3n) is 8.42. The predicted molar refractivity (Wildman–Crippen MR) is 187 cm³/mol.